The van der Waals surface area contributed by atoms with Crippen molar-refractivity contribution in [3.05, 3.63) is 108 Å². The third-order valence-corrected chi connectivity index (χ3v) is 5.43. The normalized spacial score (nSPS) is 12.2. The van der Waals surface area contributed by atoms with Crippen molar-refractivity contribution < 1.29 is 14.3 Å². The van der Waals surface area contributed by atoms with Crippen molar-refractivity contribution in [1.82, 2.24) is 4.57 Å². The average Bonchev–Trinajstić information content (AvgIpc) is 3.21. The topological polar surface area (TPSA) is 48.3 Å². The summed E-state index contributed by atoms with van der Waals surface area (Å²) in [6.07, 6.45) is 4.99. The van der Waals surface area contributed by atoms with Crippen LogP contribution in [-0.4, -0.2) is 23.4 Å². The number of hydrogen-bond donors (Lipinski definition) is 0. The van der Waals surface area contributed by atoms with Gasteiger partial charge in [-0.3, -0.25) is 4.79 Å². The van der Waals surface area contributed by atoms with E-state index in [4.69, 9.17) is 0 Å². The fraction of sp³-hybridized carbons (Fsp3) is 0.111. The predicted octanol–water partition coefficient (Wildman–Crippen LogP) is 5.80. The average molecular weight is 409 g/mol. The second-order valence-corrected chi connectivity index (χ2v) is 7.38. The molecule has 4 rings (SSSR count). The van der Waals surface area contributed by atoms with Gasteiger partial charge in [0, 0.05) is 34.8 Å². The Morgan fingerprint density at radius 2 is 1.61 bits per heavy atom. The van der Waals surface area contributed by atoms with Gasteiger partial charge in [-0.1, -0.05) is 61.5 Å². The summed E-state index contributed by atoms with van der Waals surface area (Å²) in [7, 11) is 1.34. The number of nitrogens with zero attached hydrogens (tertiary/aromatic N) is 1. The molecule has 0 saturated heterocycles. The molecule has 1 unspecified atom stereocenters. The Morgan fingerprint density at radius 3 is 2.29 bits per heavy atom. The Kier molecular flexibility index (Phi) is 5.80. The van der Waals surface area contributed by atoms with E-state index in [-0.39, 0.29) is 11.7 Å². The Balaban J connectivity index is 1.85. The van der Waals surface area contributed by atoms with E-state index in [1.165, 1.54) is 13.2 Å². The summed E-state index contributed by atoms with van der Waals surface area (Å²) < 4.78 is 6.72. The highest BCUT2D eigenvalue weighted by Crippen LogP contribution is 2.30. The van der Waals surface area contributed by atoms with Gasteiger partial charge in [0.2, 0.25) is 0 Å². The number of aromatic nitrogens is 1. The van der Waals surface area contributed by atoms with Crippen LogP contribution < -0.4 is 0 Å². The number of esters is 1. The lowest BCUT2D eigenvalue weighted by atomic mass is 9.92. The van der Waals surface area contributed by atoms with Gasteiger partial charge >= 0.3 is 5.97 Å². The molecule has 1 heterocycles. The van der Waals surface area contributed by atoms with Gasteiger partial charge in [0.1, 0.15) is 0 Å². The lowest BCUT2D eigenvalue weighted by Crippen LogP contribution is -2.09. The van der Waals surface area contributed by atoms with Crippen LogP contribution in [0.15, 0.2) is 91.1 Å². The first kappa shape index (κ1) is 20.4. The predicted molar refractivity (Wildman–Crippen MR) is 124 cm³/mol. The molecule has 0 fully saturated rings. The molecule has 0 bridgehead atoms. The number of hydrogen-bond acceptors (Lipinski definition) is 3. The number of methoxy groups -OCH3 is 1. The third kappa shape index (κ3) is 4.19. The highest BCUT2D eigenvalue weighted by molar-refractivity contribution is 6.11. The zero-order valence-electron chi connectivity index (χ0n) is 17.5. The van der Waals surface area contributed by atoms with Gasteiger partial charge in [-0.25, -0.2) is 4.79 Å². The summed E-state index contributed by atoms with van der Waals surface area (Å²) in [5, 5.41) is 0.851. The van der Waals surface area contributed by atoms with E-state index in [1.54, 1.807) is 6.08 Å². The molecular formula is C27H23NO3. The van der Waals surface area contributed by atoms with E-state index in [0.717, 1.165) is 27.7 Å². The molecule has 0 aliphatic rings. The van der Waals surface area contributed by atoms with Gasteiger partial charge in [-0.15, -0.1) is 0 Å². The fourth-order valence-corrected chi connectivity index (χ4v) is 3.71. The van der Waals surface area contributed by atoms with Crippen molar-refractivity contribution in [1.29, 1.82) is 0 Å². The Bertz CT molecular complexity index is 1250. The molecular weight excluding hydrogens is 386 g/mol. The zero-order chi connectivity index (χ0) is 21.8. The number of rotatable bonds is 6. The van der Waals surface area contributed by atoms with Gasteiger partial charge < -0.3 is 9.30 Å². The van der Waals surface area contributed by atoms with Crippen LogP contribution in [0.25, 0.3) is 22.7 Å². The minimum atomic E-state index is -0.420. The standard InChI is InChI=1S/C27H23NO3/c1-19(21-9-5-3-6-10-21)27(30)24-18-28(22-11-7-4-8-12-22)25-15-13-20(17-23(24)25)14-16-26(29)31-2/h3-19H,1-2H3. The van der Waals surface area contributed by atoms with Crippen molar-refractivity contribution in [3.8, 4) is 5.69 Å². The second kappa shape index (κ2) is 8.84. The molecule has 3 aromatic carbocycles. The minimum Gasteiger partial charge on any atom is -0.466 e. The molecule has 0 N–H and O–H groups in total. The maximum Gasteiger partial charge on any atom is 0.330 e. The molecule has 0 aliphatic heterocycles. The number of ketones is 1. The van der Waals surface area contributed by atoms with Crippen LogP contribution in [-0.2, 0) is 9.53 Å². The Morgan fingerprint density at radius 1 is 0.935 bits per heavy atom. The van der Waals surface area contributed by atoms with E-state index in [9.17, 15) is 9.59 Å². The molecule has 1 atom stereocenters. The smallest absolute Gasteiger partial charge is 0.330 e. The molecule has 4 aromatic rings. The maximum atomic E-state index is 13.5. The van der Waals surface area contributed by atoms with E-state index >= 15 is 0 Å². The van der Waals surface area contributed by atoms with Gasteiger partial charge in [0.15, 0.2) is 5.78 Å². The molecule has 154 valence electrons. The summed E-state index contributed by atoms with van der Waals surface area (Å²) in [5.74, 6) is -0.638. The van der Waals surface area contributed by atoms with E-state index in [0.29, 0.717) is 5.56 Å². The van der Waals surface area contributed by atoms with Crippen molar-refractivity contribution in [2.45, 2.75) is 12.8 Å². The first-order chi connectivity index (χ1) is 15.1. The Hall–Kier alpha value is -3.92. The van der Waals surface area contributed by atoms with Crippen LogP contribution in [0.4, 0.5) is 0 Å². The van der Waals surface area contributed by atoms with E-state index in [2.05, 4.69) is 4.74 Å². The summed E-state index contributed by atoms with van der Waals surface area (Å²) in [5.41, 5.74) is 4.38. The molecule has 0 radical (unpaired) electrons. The largest absolute Gasteiger partial charge is 0.466 e. The number of benzene rings is 3. The van der Waals surface area contributed by atoms with Gasteiger partial charge in [0.25, 0.3) is 0 Å². The van der Waals surface area contributed by atoms with Crippen molar-refractivity contribution in [3.63, 3.8) is 0 Å². The lowest BCUT2D eigenvalue weighted by molar-refractivity contribution is -0.134. The number of ether oxygens (including phenoxy) is 1. The van der Waals surface area contributed by atoms with Crippen molar-refractivity contribution in [2.75, 3.05) is 7.11 Å². The molecule has 4 heteroatoms. The van der Waals surface area contributed by atoms with Crippen LogP contribution >= 0.6 is 0 Å². The van der Waals surface area contributed by atoms with Crippen LogP contribution in [0.3, 0.4) is 0 Å². The number of Topliss-reactive ketones (excluding diaryl/α,β-unsaturated/α-hetero) is 1. The number of carbonyl (C=O) groups excluding carboxylic acids is 2. The molecule has 0 amide bonds. The highest BCUT2D eigenvalue weighted by atomic mass is 16.5. The lowest BCUT2D eigenvalue weighted by Gasteiger charge is -2.10. The molecule has 31 heavy (non-hydrogen) atoms. The van der Waals surface area contributed by atoms with Gasteiger partial charge in [-0.2, -0.15) is 0 Å². The Labute approximate surface area is 181 Å². The van der Waals surface area contributed by atoms with Crippen molar-refractivity contribution >= 4 is 28.7 Å². The summed E-state index contributed by atoms with van der Waals surface area (Å²) in [6, 6.07) is 25.6. The van der Waals surface area contributed by atoms with E-state index in [1.807, 2.05) is 96.6 Å². The van der Waals surface area contributed by atoms with Crippen LogP contribution in [0.2, 0.25) is 0 Å². The highest BCUT2D eigenvalue weighted by Gasteiger charge is 2.22. The number of carbonyl (C=O) groups is 2. The minimum absolute atomic E-state index is 0.0555. The zero-order valence-corrected chi connectivity index (χ0v) is 17.5. The molecule has 0 spiro atoms. The summed E-state index contributed by atoms with van der Waals surface area (Å²) >= 11 is 0. The summed E-state index contributed by atoms with van der Waals surface area (Å²) in [4.78, 5) is 25.0. The number of fused-ring (bicyclic) bond motifs is 1. The van der Waals surface area contributed by atoms with E-state index < -0.39 is 5.97 Å². The molecule has 1 aromatic heterocycles. The first-order valence-electron chi connectivity index (χ1n) is 10.1. The van der Waals surface area contributed by atoms with Crippen LogP contribution in [0, 0.1) is 0 Å². The first-order valence-corrected chi connectivity index (χ1v) is 10.1. The van der Waals surface area contributed by atoms with Gasteiger partial charge in [0.05, 0.1) is 12.6 Å². The third-order valence-electron chi connectivity index (χ3n) is 5.43. The molecule has 0 saturated carbocycles. The molecule has 0 aliphatic carbocycles. The molecule has 4 nitrogen and oxygen atoms in total. The van der Waals surface area contributed by atoms with Crippen LogP contribution in [0.5, 0.6) is 0 Å². The fourth-order valence-electron chi connectivity index (χ4n) is 3.71. The maximum absolute atomic E-state index is 13.5. The van der Waals surface area contributed by atoms with Gasteiger partial charge in [-0.05, 0) is 41.5 Å². The monoisotopic (exact) mass is 409 g/mol. The number of para-hydroxylation sites is 1. The second-order valence-electron chi connectivity index (χ2n) is 7.38. The van der Waals surface area contributed by atoms with Crippen LogP contribution in [0.1, 0.15) is 34.3 Å². The SMILES string of the molecule is COC(=O)C=Cc1ccc2c(c1)c(C(=O)C(C)c1ccccc1)cn2-c1ccccc1. The van der Waals surface area contributed by atoms with Crippen molar-refractivity contribution in [2.24, 2.45) is 0 Å². The quantitative estimate of drug-likeness (QED) is 0.230. The summed E-state index contributed by atoms with van der Waals surface area (Å²) in [6.45, 7) is 1.93.